The Kier molecular flexibility index (Phi) is 13.5. The van der Waals surface area contributed by atoms with Crippen LogP contribution in [0.3, 0.4) is 0 Å². The summed E-state index contributed by atoms with van der Waals surface area (Å²) in [5.41, 5.74) is 0. The number of likely N-dealkylation sites (tertiary alicyclic amines) is 1. The van der Waals surface area contributed by atoms with Crippen molar-refractivity contribution in [2.45, 2.75) is 52.5 Å². The molecule has 0 spiro atoms. The number of piperidine rings is 1. The summed E-state index contributed by atoms with van der Waals surface area (Å²) in [6.45, 7) is 11.6. The summed E-state index contributed by atoms with van der Waals surface area (Å²) in [5.74, 6) is 0.878. The molecule has 1 saturated heterocycles. The number of carbonyl (C=O) groups excluding carboxylic acids is 1. The van der Waals surface area contributed by atoms with Gasteiger partial charge in [0.05, 0.1) is 6.54 Å². The second-order valence-electron chi connectivity index (χ2n) is 6.06. The number of hydrogen-bond donors (Lipinski definition) is 3. The predicted octanol–water partition coefficient (Wildman–Crippen LogP) is 1.56. The first-order valence-corrected chi connectivity index (χ1v) is 8.65. The molecule has 0 saturated carbocycles. The lowest BCUT2D eigenvalue weighted by atomic mass is 10.1. The van der Waals surface area contributed by atoms with Crippen molar-refractivity contribution in [3.05, 3.63) is 0 Å². The van der Waals surface area contributed by atoms with Crippen LogP contribution in [0.4, 0.5) is 0 Å². The highest BCUT2D eigenvalue weighted by Crippen LogP contribution is 2.07. The Morgan fingerprint density at radius 2 is 1.87 bits per heavy atom. The average Bonchev–Trinajstić information content (AvgIpc) is 2.47. The summed E-state index contributed by atoms with van der Waals surface area (Å²) in [6, 6.07) is 0.193. The van der Waals surface area contributed by atoms with Crippen molar-refractivity contribution in [2.24, 2.45) is 4.99 Å². The normalized spacial score (nSPS) is 15.9. The molecule has 0 bridgehead atoms. The third kappa shape index (κ3) is 11.6. The van der Waals surface area contributed by atoms with E-state index in [0.717, 1.165) is 25.6 Å². The molecule has 1 aliphatic heterocycles. The summed E-state index contributed by atoms with van der Waals surface area (Å²) < 4.78 is 0. The van der Waals surface area contributed by atoms with E-state index in [-0.39, 0.29) is 35.9 Å². The number of nitrogens with zero attached hydrogens (tertiary/aromatic N) is 2. The molecule has 1 heterocycles. The number of hydrogen-bond acceptors (Lipinski definition) is 3. The zero-order valence-electron chi connectivity index (χ0n) is 14.9. The molecule has 1 rings (SSSR count). The van der Waals surface area contributed by atoms with Gasteiger partial charge in [0.15, 0.2) is 5.96 Å². The van der Waals surface area contributed by atoms with E-state index in [1.807, 2.05) is 20.8 Å². The molecule has 0 aromatic carbocycles. The topological polar surface area (TPSA) is 68.8 Å². The maximum atomic E-state index is 11.6. The average molecular weight is 439 g/mol. The molecule has 1 amide bonds. The first-order chi connectivity index (χ1) is 10.6. The standard InChI is InChI=1S/C16H33N5O.HI/c1-4-17-16(18-9-8-15(22)20-14(2)3)19-10-13-21-11-6-5-7-12-21;/h14H,4-13H2,1-3H3,(H,20,22)(H2,17,18,19);1H. The molecule has 23 heavy (non-hydrogen) atoms. The molecule has 7 heteroatoms. The molecule has 136 valence electrons. The van der Waals surface area contributed by atoms with Gasteiger partial charge in [-0.2, -0.15) is 0 Å². The molecule has 3 N–H and O–H groups in total. The lowest BCUT2D eigenvalue weighted by molar-refractivity contribution is -0.121. The number of amides is 1. The van der Waals surface area contributed by atoms with Gasteiger partial charge in [0.1, 0.15) is 0 Å². The van der Waals surface area contributed by atoms with Gasteiger partial charge in [0.2, 0.25) is 5.91 Å². The third-order valence-electron chi connectivity index (χ3n) is 3.57. The molecule has 1 fully saturated rings. The van der Waals surface area contributed by atoms with Gasteiger partial charge in [-0.05, 0) is 46.7 Å². The Hall–Kier alpha value is -0.570. The van der Waals surface area contributed by atoms with Crippen LogP contribution in [0.15, 0.2) is 4.99 Å². The summed E-state index contributed by atoms with van der Waals surface area (Å²) >= 11 is 0. The molecule has 0 aromatic rings. The van der Waals surface area contributed by atoms with Crippen molar-refractivity contribution in [3.63, 3.8) is 0 Å². The van der Waals surface area contributed by atoms with Gasteiger partial charge in [-0.1, -0.05) is 6.42 Å². The number of nitrogens with one attached hydrogen (secondary N) is 3. The summed E-state index contributed by atoms with van der Waals surface area (Å²) in [5, 5.41) is 9.33. The smallest absolute Gasteiger partial charge is 0.221 e. The van der Waals surface area contributed by atoms with E-state index in [0.29, 0.717) is 13.0 Å². The van der Waals surface area contributed by atoms with Crippen LogP contribution in [-0.4, -0.2) is 62.1 Å². The van der Waals surface area contributed by atoms with Gasteiger partial charge < -0.3 is 20.9 Å². The summed E-state index contributed by atoms with van der Waals surface area (Å²) in [6.07, 6.45) is 4.46. The minimum atomic E-state index is 0. The predicted molar refractivity (Wildman–Crippen MR) is 108 cm³/mol. The second-order valence-corrected chi connectivity index (χ2v) is 6.06. The van der Waals surface area contributed by atoms with Crippen LogP contribution in [0.25, 0.3) is 0 Å². The van der Waals surface area contributed by atoms with E-state index in [1.165, 1.54) is 32.4 Å². The minimum absolute atomic E-state index is 0. The molecule has 0 unspecified atom stereocenters. The first kappa shape index (κ1) is 22.4. The van der Waals surface area contributed by atoms with Gasteiger partial charge in [-0.3, -0.25) is 9.79 Å². The van der Waals surface area contributed by atoms with Crippen molar-refractivity contribution in [1.82, 2.24) is 20.9 Å². The molecule has 1 aliphatic rings. The van der Waals surface area contributed by atoms with Crippen molar-refractivity contribution in [1.29, 1.82) is 0 Å². The monoisotopic (exact) mass is 439 g/mol. The Bertz CT molecular complexity index is 343. The SMILES string of the molecule is CCNC(=NCCN1CCCCC1)NCCC(=O)NC(C)C.I. The molecule has 0 aromatic heterocycles. The molecule has 6 nitrogen and oxygen atoms in total. The van der Waals surface area contributed by atoms with Crippen LogP contribution in [0, 0.1) is 0 Å². The maximum absolute atomic E-state index is 11.6. The third-order valence-corrected chi connectivity index (χ3v) is 3.57. The van der Waals surface area contributed by atoms with Crippen molar-refractivity contribution in [3.8, 4) is 0 Å². The van der Waals surface area contributed by atoms with Gasteiger partial charge >= 0.3 is 0 Å². The van der Waals surface area contributed by atoms with Crippen molar-refractivity contribution >= 4 is 35.8 Å². The Morgan fingerprint density at radius 3 is 2.48 bits per heavy atom. The highest BCUT2D eigenvalue weighted by Gasteiger charge is 2.09. The number of halogens is 1. The summed E-state index contributed by atoms with van der Waals surface area (Å²) in [4.78, 5) is 18.7. The molecule has 0 aliphatic carbocycles. The minimum Gasteiger partial charge on any atom is -0.357 e. The van der Waals surface area contributed by atoms with E-state index in [9.17, 15) is 4.79 Å². The fourth-order valence-corrected chi connectivity index (χ4v) is 2.52. The largest absolute Gasteiger partial charge is 0.357 e. The van der Waals surface area contributed by atoms with E-state index < -0.39 is 0 Å². The highest BCUT2D eigenvalue weighted by molar-refractivity contribution is 14.0. The van der Waals surface area contributed by atoms with Gasteiger partial charge in [-0.25, -0.2) is 0 Å². The lowest BCUT2D eigenvalue weighted by Gasteiger charge is -2.25. The fraction of sp³-hybridized carbons (Fsp3) is 0.875. The maximum Gasteiger partial charge on any atom is 0.221 e. The van der Waals surface area contributed by atoms with E-state index >= 15 is 0 Å². The quantitative estimate of drug-likeness (QED) is 0.305. The number of guanidine groups is 1. The number of carbonyl (C=O) groups is 1. The lowest BCUT2D eigenvalue weighted by Crippen LogP contribution is -2.40. The van der Waals surface area contributed by atoms with Crippen LogP contribution in [0.2, 0.25) is 0 Å². The van der Waals surface area contributed by atoms with E-state index in [2.05, 4.69) is 25.8 Å². The molecular formula is C16H34IN5O. The molecule has 0 atom stereocenters. The molecule has 0 radical (unpaired) electrons. The number of rotatable bonds is 8. The first-order valence-electron chi connectivity index (χ1n) is 8.65. The Labute approximate surface area is 158 Å². The highest BCUT2D eigenvalue weighted by atomic mass is 127. The van der Waals surface area contributed by atoms with E-state index in [1.54, 1.807) is 0 Å². The molecular weight excluding hydrogens is 405 g/mol. The van der Waals surface area contributed by atoms with Crippen molar-refractivity contribution < 1.29 is 4.79 Å². The zero-order valence-corrected chi connectivity index (χ0v) is 17.2. The summed E-state index contributed by atoms with van der Waals surface area (Å²) in [7, 11) is 0. The number of aliphatic imine (C=N–C) groups is 1. The van der Waals surface area contributed by atoms with Crippen LogP contribution in [0.1, 0.15) is 46.5 Å². The van der Waals surface area contributed by atoms with Crippen LogP contribution in [-0.2, 0) is 4.79 Å². The van der Waals surface area contributed by atoms with Gasteiger partial charge in [0.25, 0.3) is 0 Å². The fourth-order valence-electron chi connectivity index (χ4n) is 2.52. The second kappa shape index (κ2) is 13.8. The zero-order chi connectivity index (χ0) is 16.2. The van der Waals surface area contributed by atoms with Gasteiger partial charge in [0, 0.05) is 32.1 Å². The van der Waals surface area contributed by atoms with Crippen molar-refractivity contribution in [2.75, 3.05) is 39.3 Å². The van der Waals surface area contributed by atoms with Crippen LogP contribution < -0.4 is 16.0 Å². The van der Waals surface area contributed by atoms with Crippen LogP contribution in [0.5, 0.6) is 0 Å². The van der Waals surface area contributed by atoms with Gasteiger partial charge in [-0.15, -0.1) is 24.0 Å². The van der Waals surface area contributed by atoms with E-state index in [4.69, 9.17) is 0 Å². The van der Waals surface area contributed by atoms with Crippen LogP contribution >= 0.6 is 24.0 Å². The Balaban J connectivity index is 0.00000484. The Morgan fingerprint density at radius 1 is 1.17 bits per heavy atom.